The molecule has 1 aliphatic carbocycles. The molecule has 0 saturated heterocycles. The minimum Gasteiger partial charge on any atom is -0.337 e. The van der Waals surface area contributed by atoms with E-state index in [2.05, 4.69) is 16.6 Å². The quantitative estimate of drug-likeness (QED) is 0.792. The van der Waals surface area contributed by atoms with Crippen molar-refractivity contribution in [2.45, 2.75) is 38.0 Å². The van der Waals surface area contributed by atoms with Crippen LogP contribution in [-0.4, -0.2) is 16.1 Å². The van der Waals surface area contributed by atoms with E-state index in [-0.39, 0.29) is 0 Å². The zero-order valence-electron chi connectivity index (χ0n) is 8.87. The van der Waals surface area contributed by atoms with E-state index in [1.165, 1.54) is 37.1 Å². The van der Waals surface area contributed by atoms with Crippen LogP contribution in [0.25, 0.3) is 0 Å². The van der Waals surface area contributed by atoms with Crippen molar-refractivity contribution in [2.24, 2.45) is 12.8 Å². The fourth-order valence-corrected chi connectivity index (χ4v) is 2.46. The van der Waals surface area contributed by atoms with Gasteiger partial charge in [-0.3, -0.25) is 0 Å². The third kappa shape index (κ3) is 1.69. The average molecular weight is 193 g/mol. The van der Waals surface area contributed by atoms with Crippen molar-refractivity contribution in [3.8, 4) is 0 Å². The van der Waals surface area contributed by atoms with Gasteiger partial charge in [0.1, 0.15) is 0 Å². The first kappa shape index (κ1) is 9.71. The van der Waals surface area contributed by atoms with E-state index in [1.54, 1.807) is 0 Å². The van der Waals surface area contributed by atoms with Gasteiger partial charge in [0.15, 0.2) is 0 Å². The van der Waals surface area contributed by atoms with Gasteiger partial charge >= 0.3 is 0 Å². The molecule has 1 saturated carbocycles. The van der Waals surface area contributed by atoms with Gasteiger partial charge in [0.2, 0.25) is 0 Å². The van der Waals surface area contributed by atoms with Crippen molar-refractivity contribution in [1.29, 1.82) is 0 Å². The Morgan fingerprint density at radius 3 is 2.86 bits per heavy atom. The summed E-state index contributed by atoms with van der Waals surface area (Å²) in [5.41, 5.74) is 8.28. The van der Waals surface area contributed by atoms with Gasteiger partial charge in [0, 0.05) is 25.1 Å². The lowest BCUT2D eigenvalue weighted by atomic mass is 10.0. The molecule has 0 bridgehead atoms. The largest absolute Gasteiger partial charge is 0.337 e. The van der Waals surface area contributed by atoms with Gasteiger partial charge in [-0.15, -0.1) is 0 Å². The normalized spacial score (nSPS) is 17.9. The highest BCUT2D eigenvalue weighted by atomic mass is 15.0. The first-order valence-corrected chi connectivity index (χ1v) is 5.53. The third-order valence-corrected chi connectivity index (χ3v) is 3.21. The van der Waals surface area contributed by atoms with Crippen LogP contribution in [0.2, 0.25) is 0 Å². The number of nitrogens with two attached hydrogens (primary N) is 1. The van der Waals surface area contributed by atoms with Gasteiger partial charge in [-0.05, 0) is 19.4 Å². The number of imidazole rings is 1. The van der Waals surface area contributed by atoms with Crippen molar-refractivity contribution in [3.63, 3.8) is 0 Å². The average Bonchev–Trinajstić information content (AvgIpc) is 2.77. The monoisotopic (exact) mass is 193 g/mol. The second-order valence-electron chi connectivity index (χ2n) is 4.21. The molecule has 1 aliphatic rings. The molecule has 1 aromatic heterocycles. The zero-order chi connectivity index (χ0) is 9.97. The van der Waals surface area contributed by atoms with Crippen molar-refractivity contribution in [3.05, 3.63) is 17.7 Å². The van der Waals surface area contributed by atoms with E-state index in [0.29, 0.717) is 5.92 Å². The topological polar surface area (TPSA) is 43.8 Å². The van der Waals surface area contributed by atoms with Crippen LogP contribution in [0.3, 0.4) is 0 Å². The maximum absolute atomic E-state index is 5.62. The van der Waals surface area contributed by atoms with Crippen LogP contribution in [0.1, 0.15) is 43.0 Å². The van der Waals surface area contributed by atoms with Gasteiger partial charge in [0.05, 0.1) is 12.0 Å². The molecule has 14 heavy (non-hydrogen) atoms. The van der Waals surface area contributed by atoms with Crippen molar-refractivity contribution in [2.75, 3.05) is 6.54 Å². The summed E-state index contributed by atoms with van der Waals surface area (Å²) in [6.45, 7) is 0.721. The summed E-state index contributed by atoms with van der Waals surface area (Å²) < 4.78 is 2.13. The molecule has 0 spiro atoms. The van der Waals surface area contributed by atoms with Gasteiger partial charge in [-0.1, -0.05) is 12.8 Å². The van der Waals surface area contributed by atoms with Gasteiger partial charge in [0.25, 0.3) is 0 Å². The van der Waals surface area contributed by atoms with Gasteiger partial charge in [-0.2, -0.15) is 0 Å². The molecule has 0 amide bonds. The molecule has 3 nitrogen and oxygen atoms in total. The molecule has 2 rings (SSSR count). The summed E-state index contributed by atoms with van der Waals surface area (Å²) >= 11 is 0. The highest BCUT2D eigenvalue weighted by Crippen LogP contribution is 2.34. The summed E-state index contributed by atoms with van der Waals surface area (Å²) in [5, 5.41) is 0. The molecular formula is C11H19N3. The Kier molecular flexibility index (Phi) is 2.87. The van der Waals surface area contributed by atoms with Crippen LogP contribution in [0.4, 0.5) is 0 Å². The van der Waals surface area contributed by atoms with Crippen LogP contribution in [0.15, 0.2) is 6.33 Å². The Bertz CT molecular complexity index is 297. The van der Waals surface area contributed by atoms with E-state index in [1.807, 2.05) is 6.33 Å². The number of aromatic nitrogens is 2. The van der Waals surface area contributed by atoms with E-state index in [9.17, 15) is 0 Å². The van der Waals surface area contributed by atoms with Crippen molar-refractivity contribution >= 4 is 0 Å². The Labute approximate surface area is 85.3 Å². The molecule has 1 aromatic rings. The maximum Gasteiger partial charge on any atom is 0.0949 e. The Hall–Kier alpha value is -0.830. The minimum absolute atomic E-state index is 0.706. The first-order chi connectivity index (χ1) is 6.83. The number of aryl methyl sites for hydroxylation is 1. The predicted octanol–water partition coefficient (Wildman–Crippen LogP) is 1.58. The van der Waals surface area contributed by atoms with Crippen molar-refractivity contribution < 1.29 is 0 Å². The number of rotatable bonds is 3. The SMILES string of the molecule is Cn1cnc(C2CCCC2)c1CCN. The molecule has 1 fully saturated rings. The molecular weight excluding hydrogens is 174 g/mol. The molecule has 1 heterocycles. The van der Waals surface area contributed by atoms with E-state index >= 15 is 0 Å². The summed E-state index contributed by atoms with van der Waals surface area (Å²) in [4.78, 5) is 4.52. The molecule has 3 heteroatoms. The van der Waals surface area contributed by atoms with Gasteiger partial charge < -0.3 is 10.3 Å². The minimum atomic E-state index is 0.706. The lowest BCUT2D eigenvalue weighted by Gasteiger charge is -2.09. The maximum atomic E-state index is 5.62. The van der Waals surface area contributed by atoms with E-state index < -0.39 is 0 Å². The molecule has 0 unspecified atom stereocenters. The first-order valence-electron chi connectivity index (χ1n) is 5.53. The van der Waals surface area contributed by atoms with Crippen LogP contribution in [-0.2, 0) is 13.5 Å². The van der Waals surface area contributed by atoms with Crippen LogP contribution >= 0.6 is 0 Å². The van der Waals surface area contributed by atoms with Crippen LogP contribution in [0.5, 0.6) is 0 Å². The Morgan fingerprint density at radius 2 is 2.21 bits per heavy atom. The molecule has 0 aliphatic heterocycles. The fourth-order valence-electron chi connectivity index (χ4n) is 2.46. The summed E-state index contributed by atoms with van der Waals surface area (Å²) in [7, 11) is 2.07. The second-order valence-corrected chi connectivity index (χ2v) is 4.21. The van der Waals surface area contributed by atoms with E-state index in [4.69, 9.17) is 5.73 Å². The van der Waals surface area contributed by atoms with Gasteiger partial charge in [-0.25, -0.2) is 4.98 Å². The summed E-state index contributed by atoms with van der Waals surface area (Å²) in [6, 6.07) is 0. The molecule has 0 atom stereocenters. The lowest BCUT2D eigenvalue weighted by Crippen LogP contribution is -2.09. The highest BCUT2D eigenvalue weighted by molar-refractivity contribution is 5.19. The number of hydrogen-bond donors (Lipinski definition) is 1. The number of hydrogen-bond acceptors (Lipinski definition) is 2. The number of nitrogens with zero attached hydrogens (tertiary/aromatic N) is 2. The Balaban J connectivity index is 2.22. The highest BCUT2D eigenvalue weighted by Gasteiger charge is 2.22. The standard InChI is InChI=1S/C11H19N3/c1-14-8-13-11(10(14)6-7-12)9-4-2-3-5-9/h8-9H,2-7,12H2,1H3. The predicted molar refractivity (Wildman–Crippen MR) is 57.2 cm³/mol. The second kappa shape index (κ2) is 4.13. The zero-order valence-corrected chi connectivity index (χ0v) is 8.87. The van der Waals surface area contributed by atoms with Crippen molar-refractivity contribution in [1.82, 2.24) is 9.55 Å². The lowest BCUT2D eigenvalue weighted by molar-refractivity contribution is 0.681. The summed E-state index contributed by atoms with van der Waals surface area (Å²) in [5.74, 6) is 0.706. The molecule has 2 N–H and O–H groups in total. The fraction of sp³-hybridized carbons (Fsp3) is 0.727. The van der Waals surface area contributed by atoms with E-state index in [0.717, 1.165) is 13.0 Å². The third-order valence-electron chi connectivity index (χ3n) is 3.21. The molecule has 78 valence electrons. The molecule has 0 aromatic carbocycles. The Morgan fingerprint density at radius 1 is 1.50 bits per heavy atom. The van der Waals surface area contributed by atoms with Crippen LogP contribution < -0.4 is 5.73 Å². The molecule has 0 radical (unpaired) electrons. The smallest absolute Gasteiger partial charge is 0.0949 e. The van der Waals surface area contributed by atoms with Crippen LogP contribution in [0, 0.1) is 0 Å². The summed E-state index contributed by atoms with van der Waals surface area (Å²) in [6.07, 6.45) is 8.25.